The summed E-state index contributed by atoms with van der Waals surface area (Å²) in [5.41, 5.74) is 0.764. The number of aryl methyl sites for hydroxylation is 1. The maximum atomic E-state index is 11.8. The van der Waals surface area contributed by atoms with Gasteiger partial charge in [-0.3, -0.25) is 4.79 Å². The Labute approximate surface area is 124 Å². The second-order valence-electron chi connectivity index (χ2n) is 5.35. The summed E-state index contributed by atoms with van der Waals surface area (Å²) in [6.07, 6.45) is 0. The van der Waals surface area contributed by atoms with Crippen LogP contribution in [0.15, 0.2) is 18.2 Å². The van der Waals surface area contributed by atoms with Crippen LogP contribution in [0.3, 0.4) is 0 Å². The van der Waals surface area contributed by atoms with Crippen LogP contribution in [-0.2, 0) is 14.6 Å². The summed E-state index contributed by atoms with van der Waals surface area (Å²) in [6, 6.07) is 4.51. The van der Waals surface area contributed by atoms with Gasteiger partial charge in [0.15, 0.2) is 9.84 Å². The molecule has 0 aliphatic carbocycles. The van der Waals surface area contributed by atoms with Crippen molar-refractivity contribution in [3.8, 4) is 0 Å². The van der Waals surface area contributed by atoms with Crippen LogP contribution >= 0.6 is 0 Å². The van der Waals surface area contributed by atoms with Crippen molar-refractivity contribution in [2.75, 3.05) is 16.8 Å². The standard InChI is InChI=1S/C14H19NO5S/c1-9(2)7-21(19,20)8-13(16)15-12-5-4-10(3)6-11(12)14(17)18/h4-6,9H,7-8H2,1-3H3,(H,15,16)(H,17,18). The lowest BCUT2D eigenvalue weighted by Crippen LogP contribution is -2.27. The van der Waals surface area contributed by atoms with Crippen molar-refractivity contribution in [3.63, 3.8) is 0 Å². The van der Waals surface area contributed by atoms with Gasteiger partial charge in [-0.15, -0.1) is 0 Å². The Balaban J connectivity index is 2.87. The molecule has 1 aromatic rings. The third kappa shape index (κ3) is 5.55. The highest BCUT2D eigenvalue weighted by molar-refractivity contribution is 7.92. The van der Waals surface area contributed by atoms with E-state index in [4.69, 9.17) is 5.11 Å². The Kier molecular flexibility index (Phi) is 5.48. The molecule has 1 rings (SSSR count). The molecule has 0 spiro atoms. The highest BCUT2D eigenvalue weighted by atomic mass is 32.2. The van der Waals surface area contributed by atoms with Crippen molar-refractivity contribution < 1.29 is 23.1 Å². The van der Waals surface area contributed by atoms with Gasteiger partial charge in [0.2, 0.25) is 5.91 Å². The van der Waals surface area contributed by atoms with E-state index in [1.54, 1.807) is 26.8 Å². The average molecular weight is 313 g/mol. The van der Waals surface area contributed by atoms with Gasteiger partial charge in [-0.25, -0.2) is 13.2 Å². The Bertz CT molecular complexity index is 649. The molecule has 0 fully saturated rings. The van der Waals surface area contributed by atoms with Crippen LogP contribution < -0.4 is 5.32 Å². The highest BCUT2D eigenvalue weighted by Gasteiger charge is 2.20. The first-order valence-corrected chi connectivity index (χ1v) is 8.27. The van der Waals surface area contributed by atoms with Crippen molar-refractivity contribution in [3.05, 3.63) is 29.3 Å². The van der Waals surface area contributed by atoms with Gasteiger partial charge < -0.3 is 10.4 Å². The van der Waals surface area contributed by atoms with Crippen LogP contribution in [0, 0.1) is 12.8 Å². The lowest BCUT2D eigenvalue weighted by Gasteiger charge is -2.10. The summed E-state index contributed by atoms with van der Waals surface area (Å²) in [7, 11) is -3.50. The number of carboxylic acid groups (broad SMARTS) is 1. The van der Waals surface area contributed by atoms with Gasteiger partial charge in [0.05, 0.1) is 17.0 Å². The Hall–Kier alpha value is -1.89. The quantitative estimate of drug-likeness (QED) is 0.832. The van der Waals surface area contributed by atoms with Crippen molar-refractivity contribution in [2.45, 2.75) is 20.8 Å². The van der Waals surface area contributed by atoms with Crippen LogP contribution in [-0.4, -0.2) is 36.9 Å². The van der Waals surface area contributed by atoms with Crippen LogP contribution in [0.5, 0.6) is 0 Å². The number of hydrogen-bond acceptors (Lipinski definition) is 4. The molecule has 0 aromatic heterocycles. The molecular formula is C14H19NO5S. The third-order valence-corrected chi connectivity index (χ3v) is 4.49. The molecule has 6 nitrogen and oxygen atoms in total. The molecule has 1 amide bonds. The SMILES string of the molecule is Cc1ccc(NC(=O)CS(=O)(=O)CC(C)C)c(C(=O)O)c1. The average Bonchev–Trinajstić information content (AvgIpc) is 2.28. The molecule has 116 valence electrons. The molecule has 7 heteroatoms. The smallest absolute Gasteiger partial charge is 0.337 e. The molecule has 0 heterocycles. The zero-order chi connectivity index (χ0) is 16.2. The minimum Gasteiger partial charge on any atom is -0.478 e. The Morgan fingerprint density at radius 3 is 2.43 bits per heavy atom. The first kappa shape index (κ1) is 17.2. The van der Waals surface area contributed by atoms with Gasteiger partial charge in [0.1, 0.15) is 5.75 Å². The summed E-state index contributed by atoms with van der Waals surface area (Å²) in [6.45, 7) is 5.22. The molecule has 0 aliphatic heterocycles. The summed E-state index contributed by atoms with van der Waals surface area (Å²) in [5.74, 6) is -2.73. The number of rotatable bonds is 6. The fraction of sp³-hybridized carbons (Fsp3) is 0.429. The molecule has 0 bridgehead atoms. The number of nitrogens with one attached hydrogen (secondary N) is 1. The van der Waals surface area contributed by atoms with E-state index < -0.39 is 27.5 Å². The number of benzene rings is 1. The van der Waals surface area contributed by atoms with Gasteiger partial charge in [0.25, 0.3) is 0 Å². The molecule has 0 radical (unpaired) electrons. The number of sulfone groups is 1. The van der Waals surface area contributed by atoms with Crippen molar-refractivity contribution in [2.24, 2.45) is 5.92 Å². The van der Waals surface area contributed by atoms with Crippen LogP contribution in [0.4, 0.5) is 5.69 Å². The zero-order valence-electron chi connectivity index (χ0n) is 12.2. The topological polar surface area (TPSA) is 101 Å². The number of amides is 1. The first-order valence-electron chi connectivity index (χ1n) is 6.45. The largest absolute Gasteiger partial charge is 0.478 e. The molecular weight excluding hydrogens is 294 g/mol. The summed E-state index contributed by atoms with van der Waals surface area (Å²) in [4.78, 5) is 22.9. The van der Waals surface area contributed by atoms with E-state index in [9.17, 15) is 18.0 Å². The molecule has 1 aromatic carbocycles. The van der Waals surface area contributed by atoms with Crippen molar-refractivity contribution >= 4 is 27.4 Å². The van der Waals surface area contributed by atoms with E-state index in [-0.39, 0.29) is 22.9 Å². The Morgan fingerprint density at radius 2 is 1.90 bits per heavy atom. The summed E-state index contributed by atoms with van der Waals surface area (Å²) in [5, 5.41) is 11.4. The molecule has 0 aliphatic rings. The monoisotopic (exact) mass is 313 g/mol. The summed E-state index contributed by atoms with van der Waals surface area (Å²) >= 11 is 0. The van der Waals surface area contributed by atoms with Gasteiger partial charge in [-0.1, -0.05) is 25.5 Å². The highest BCUT2D eigenvalue weighted by Crippen LogP contribution is 2.17. The predicted octanol–water partition coefficient (Wildman–Crippen LogP) is 1.70. The second kappa shape index (κ2) is 6.71. The molecule has 0 saturated heterocycles. The second-order valence-corrected chi connectivity index (χ2v) is 7.46. The van der Waals surface area contributed by atoms with Crippen molar-refractivity contribution in [1.29, 1.82) is 0 Å². The fourth-order valence-corrected chi connectivity index (χ4v) is 3.50. The summed E-state index contributed by atoms with van der Waals surface area (Å²) < 4.78 is 23.5. The van der Waals surface area contributed by atoms with Crippen molar-refractivity contribution in [1.82, 2.24) is 0 Å². The van der Waals surface area contributed by atoms with Gasteiger partial charge >= 0.3 is 5.97 Å². The maximum absolute atomic E-state index is 11.8. The molecule has 2 N–H and O–H groups in total. The van der Waals surface area contributed by atoms with Gasteiger partial charge in [-0.2, -0.15) is 0 Å². The fourth-order valence-electron chi connectivity index (χ4n) is 1.90. The number of carboxylic acids is 1. The Morgan fingerprint density at radius 1 is 1.29 bits per heavy atom. The van der Waals surface area contributed by atoms with Gasteiger partial charge in [-0.05, 0) is 25.0 Å². The number of carbonyl (C=O) groups excluding carboxylic acids is 1. The number of anilines is 1. The normalized spacial score (nSPS) is 11.4. The van der Waals surface area contributed by atoms with E-state index in [0.717, 1.165) is 5.56 Å². The van der Waals surface area contributed by atoms with E-state index >= 15 is 0 Å². The van der Waals surface area contributed by atoms with Crippen LogP contribution in [0.2, 0.25) is 0 Å². The predicted molar refractivity (Wildman–Crippen MR) is 80.3 cm³/mol. The first-order chi connectivity index (χ1) is 9.60. The van der Waals surface area contributed by atoms with E-state index in [1.807, 2.05) is 0 Å². The number of carbonyl (C=O) groups is 2. The minimum absolute atomic E-state index is 0.0652. The van der Waals surface area contributed by atoms with Crippen LogP contribution in [0.1, 0.15) is 29.8 Å². The molecule has 0 saturated carbocycles. The molecule has 21 heavy (non-hydrogen) atoms. The van der Waals surface area contributed by atoms with Gasteiger partial charge in [0, 0.05) is 0 Å². The van der Waals surface area contributed by atoms with Crippen LogP contribution in [0.25, 0.3) is 0 Å². The minimum atomic E-state index is -3.50. The number of aromatic carboxylic acids is 1. The lowest BCUT2D eigenvalue weighted by molar-refractivity contribution is -0.113. The molecule has 0 atom stereocenters. The molecule has 0 unspecified atom stereocenters. The zero-order valence-corrected chi connectivity index (χ0v) is 13.0. The maximum Gasteiger partial charge on any atom is 0.337 e. The van der Waals surface area contributed by atoms with E-state index in [2.05, 4.69) is 5.32 Å². The van der Waals surface area contributed by atoms with E-state index in [0.29, 0.717) is 0 Å². The van der Waals surface area contributed by atoms with E-state index in [1.165, 1.54) is 12.1 Å². The number of hydrogen-bond donors (Lipinski definition) is 2. The third-order valence-electron chi connectivity index (χ3n) is 2.62. The lowest BCUT2D eigenvalue weighted by atomic mass is 10.1.